The van der Waals surface area contributed by atoms with E-state index < -0.39 is 0 Å². The molecule has 0 aliphatic rings. The van der Waals surface area contributed by atoms with Crippen molar-refractivity contribution in [2.75, 3.05) is 0 Å². The zero-order valence-corrected chi connectivity index (χ0v) is 10.4. The van der Waals surface area contributed by atoms with Gasteiger partial charge in [0.25, 0.3) is 0 Å². The van der Waals surface area contributed by atoms with Crippen molar-refractivity contribution in [1.82, 2.24) is 0 Å². The molecule has 1 heteroatoms. The summed E-state index contributed by atoms with van der Waals surface area (Å²) in [7, 11) is 0. The lowest BCUT2D eigenvalue weighted by atomic mass is 9.96. The Bertz CT molecular complexity index is 603. The molecule has 0 saturated carbocycles. The van der Waals surface area contributed by atoms with E-state index in [0.29, 0.717) is 0 Å². The van der Waals surface area contributed by atoms with E-state index in [2.05, 4.69) is 44.2 Å². The highest BCUT2D eigenvalue weighted by Gasteiger charge is 2.04. The van der Waals surface area contributed by atoms with Crippen molar-refractivity contribution in [2.24, 2.45) is 0 Å². The van der Waals surface area contributed by atoms with Gasteiger partial charge in [0.15, 0.2) is 0 Å². The maximum absolute atomic E-state index is 9.05. The first-order valence-electron chi connectivity index (χ1n) is 5.70. The molecule has 0 N–H and O–H groups in total. The average Bonchev–Trinajstić information content (AvgIpc) is 2.30. The highest BCUT2D eigenvalue weighted by Crippen LogP contribution is 2.26. The topological polar surface area (TPSA) is 23.8 Å². The van der Waals surface area contributed by atoms with Crippen molar-refractivity contribution in [2.45, 2.75) is 20.8 Å². The number of hydrogen-bond donors (Lipinski definition) is 0. The Morgan fingerprint density at radius 1 is 0.882 bits per heavy atom. The van der Waals surface area contributed by atoms with E-state index in [0.717, 1.165) is 16.7 Å². The summed E-state index contributed by atoms with van der Waals surface area (Å²) in [6, 6.07) is 14.7. The van der Waals surface area contributed by atoms with Crippen molar-refractivity contribution >= 4 is 0 Å². The van der Waals surface area contributed by atoms with Crippen molar-refractivity contribution in [1.29, 1.82) is 5.26 Å². The number of hydrogen-bond acceptors (Lipinski definition) is 1. The molecule has 2 aromatic rings. The molecule has 0 aromatic heterocycles. The fourth-order valence-corrected chi connectivity index (χ4v) is 2.05. The van der Waals surface area contributed by atoms with Crippen LogP contribution in [0.15, 0.2) is 36.4 Å². The zero-order valence-electron chi connectivity index (χ0n) is 10.4. The summed E-state index contributed by atoms with van der Waals surface area (Å²) in [6.45, 7) is 6.16. The predicted octanol–water partition coefficient (Wildman–Crippen LogP) is 4.15. The highest BCUT2D eigenvalue weighted by molar-refractivity contribution is 5.69. The van der Waals surface area contributed by atoms with Gasteiger partial charge >= 0.3 is 0 Å². The number of nitrogens with zero attached hydrogens (tertiary/aromatic N) is 1. The Hall–Kier alpha value is -2.07. The monoisotopic (exact) mass is 221 g/mol. The van der Waals surface area contributed by atoms with Crippen LogP contribution in [0.4, 0.5) is 0 Å². The van der Waals surface area contributed by atoms with Crippen LogP contribution in [0.3, 0.4) is 0 Å². The van der Waals surface area contributed by atoms with Crippen LogP contribution < -0.4 is 0 Å². The summed E-state index contributed by atoms with van der Waals surface area (Å²) in [4.78, 5) is 0. The fourth-order valence-electron chi connectivity index (χ4n) is 2.05. The van der Waals surface area contributed by atoms with Gasteiger partial charge in [-0.05, 0) is 49.1 Å². The van der Waals surface area contributed by atoms with Crippen molar-refractivity contribution in [3.05, 3.63) is 58.7 Å². The molecule has 0 heterocycles. The Morgan fingerprint density at radius 2 is 1.65 bits per heavy atom. The smallest absolute Gasteiger partial charge is 0.0994 e. The molecule has 0 saturated heterocycles. The molecule has 2 rings (SSSR count). The second-order valence-electron chi connectivity index (χ2n) is 4.46. The van der Waals surface area contributed by atoms with E-state index in [-0.39, 0.29) is 0 Å². The van der Waals surface area contributed by atoms with Gasteiger partial charge in [-0.2, -0.15) is 5.26 Å². The Kier molecular flexibility index (Phi) is 2.97. The molecule has 0 aliphatic heterocycles. The second kappa shape index (κ2) is 4.43. The van der Waals surface area contributed by atoms with Gasteiger partial charge in [-0.25, -0.2) is 0 Å². The standard InChI is InChI=1S/C16H15N/c1-11-4-7-16(13(3)8-11)14-6-5-12(2)15(9-14)10-17/h4-9H,1-3H3. The first-order chi connectivity index (χ1) is 8.11. The first kappa shape index (κ1) is 11.4. The summed E-state index contributed by atoms with van der Waals surface area (Å²) in [5.41, 5.74) is 6.61. The Balaban J connectivity index is 2.58. The van der Waals surface area contributed by atoms with E-state index in [1.807, 2.05) is 19.1 Å². The Morgan fingerprint density at radius 3 is 2.29 bits per heavy atom. The molecule has 2 aromatic carbocycles. The average molecular weight is 221 g/mol. The van der Waals surface area contributed by atoms with Crippen LogP contribution in [0.5, 0.6) is 0 Å². The van der Waals surface area contributed by atoms with Crippen molar-refractivity contribution in [3.8, 4) is 17.2 Å². The van der Waals surface area contributed by atoms with E-state index >= 15 is 0 Å². The van der Waals surface area contributed by atoms with Gasteiger partial charge < -0.3 is 0 Å². The molecule has 0 unspecified atom stereocenters. The number of benzene rings is 2. The van der Waals surface area contributed by atoms with Gasteiger partial charge in [-0.1, -0.05) is 35.9 Å². The number of nitriles is 1. The first-order valence-corrected chi connectivity index (χ1v) is 5.70. The highest BCUT2D eigenvalue weighted by atomic mass is 14.2. The number of rotatable bonds is 1. The van der Waals surface area contributed by atoms with Gasteiger partial charge in [0, 0.05) is 0 Å². The molecule has 0 aliphatic carbocycles. The molecule has 0 spiro atoms. The maximum Gasteiger partial charge on any atom is 0.0994 e. The minimum atomic E-state index is 0.752. The lowest BCUT2D eigenvalue weighted by Crippen LogP contribution is -1.88. The van der Waals surface area contributed by atoms with Crippen LogP contribution in [0.2, 0.25) is 0 Å². The quantitative estimate of drug-likeness (QED) is 0.709. The van der Waals surface area contributed by atoms with E-state index in [1.165, 1.54) is 16.7 Å². The molecule has 0 bridgehead atoms. The van der Waals surface area contributed by atoms with Gasteiger partial charge in [0.1, 0.15) is 0 Å². The number of aryl methyl sites for hydroxylation is 3. The van der Waals surface area contributed by atoms with Crippen LogP contribution >= 0.6 is 0 Å². The largest absolute Gasteiger partial charge is 0.192 e. The van der Waals surface area contributed by atoms with Gasteiger partial charge in [0.2, 0.25) is 0 Å². The molecule has 0 atom stereocenters. The molecule has 84 valence electrons. The third-order valence-corrected chi connectivity index (χ3v) is 3.05. The fraction of sp³-hybridized carbons (Fsp3) is 0.188. The van der Waals surface area contributed by atoms with Crippen LogP contribution in [-0.4, -0.2) is 0 Å². The molecule has 0 amide bonds. The molecular weight excluding hydrogens is 206 g/mol. The minimum Gasteiger partial charge on any atom is -0.192 e. The van der Waals surface area contributed by atoms with E-state index in [1.54, 1.807) is 0 Å². The lowest BCUT2D eigenvalue weighted by Gasteiger charge is -2.08. The van der Waals surface area contributed by atoms with Gasteiger partial charge in [-0.15, -0.1) is 0 Å². The van der Waals surface area contributed by atoms with Gasteiger partial charge in [-0.3, -0.25) is 0 Å². The van der Waals surface area contributed by atoms with E-state index in [4.69, 9.17) is 5.26 Å². The summed E-state index contributed by atoms with van der Waals surface area (Å²) >= 11 is 0. The minimum absolute atomic E-state index is 0.752. The third kappa shape index (κ3) is 2.21. The molecular formula is C16H15N. The summed E-state index contributed by atoms with van der Waals surface area (Å²) in [5, 5.41) is 9.05. The third-order valence-electron chi connectivity index (χ3n) is 3.05. The van der Waals surface area contributed by atoms with E-state index in [9.17, 15) is 0 Å². The maximum atomic E-state index is 9.05. The SMILES string of the molecule is Cc1ccc(-c2ccc(C)c(C#N)c2)c(C)c1. The van der Waals surface area contributed by atoms with Crippen LogP contribution in [-0.2, 0) is 0 Å². The summed E-state index contributed by atoms with van der Waals surface area (Å²) < 4.78 is 0. The molecule has 1 nitrogen and oxygen atoms in total. The lowest BCUT2D eigenvalue weighted by molar-refractivity contribution is 1.36. The Labute approximate surface area is 102 Å². The summed E-state index contributed by atoms with van der Waals surface area (Å²) in [5.74, 6) is 0. The zero-order chi connectivity index (χ0) is 12.4. The van der Waals surface area contributed by atoms with Gasteiger partial charge in [0.05, 0.1) is 11.6 Å². The normalized spacial score (nSPS) is 10.0. The van der Waals surface area contributed by atoms with Crippen molar-refractivity contribution < 1.29 is 0 Å². The van der Waals surface area contributed by atoms with Crippen LogP contribution in [0, 0.1) is 32.1 Å². The summed E-state index contributed by atoms with van der Waals surface area (Å²) in [6.07, 6.45) is 0. The molecule has 0 fully saturated rings. The van der Waals surface area contributed by atoms with Crippen LogP contribution in [0.1, 0.15) is 22.3 Å². The molecule has 0 radical (unpaired) electrons. The van der Waals surface area contributed by atoms with Crippen molar-refractivity contribution in [3.63, 3.8) is 0 Å². The molecule has 17 heavy (non-hydrogen) atoms. The van der Waals surface area contributed by atoms with Crippen LogP contribution in [0.25, 0.3) is 11.1 Å². The second-order valence-corrected chi connectivity index (χ2v) is 4.46. The predicted molar refractivity (Wildman–Crippen MR) is 70.8 cm³/mol.